The smallest absolute Gasteiger partial charge is 0.251 e. The Labute approximate surface area is 192 Å². The van der Waals surface area contributed by atoms with Crippen molar-refractivity contribution in [1.82, 2.24) is 20.1 Å². The molecule has 2 aromatic heterocycles. The molecule has 8 nitrogen and oxygen atoms in total. The van der Waals surface area contributed by atoms with Crippen molar-refractivity contribution in [2.45, 2.75) is 37.8 Å². The van der Waals surface area contributed by atoms with Crippen molar-refractivity contribution in [3.63, 3.8) is 0 Å². The number of thioether (sulfide) groups is 1. The number of benzene rings is 1. The number of anilines is 1. The maximum absolute atomic E-state index is 12.5. The van der Waals surface area contributed by atoms with Crippen molar-refractivity contribution < 1.29 is 13.9 Å². The first-order chi connectivity index (χ1) is 15.6. The van der Waals surface area contributed by atoms with Gasteiger partial charge in [-0.2, -0.15) is 0 Å². The second-order valence-corrected chi connectivity index (χ2v) is 9.08. The summed E-state index contributed by atoms with van der Waals surface area (Å²) >= 11 is 1.64. The van der Waals surface area contributed by atoms with Gasteiger partial charge in [-0.3, -0.25) is 9.36 Å². The molecule has 3 aromatic rings. The summed E-state index contributed by atoms with van der Waals surface area (Å²) in [6.45, 7) is 8.71. The summed E-state index contributed by atoms with van der Waals surface area (Å²) in [6.07, 6.45) is 1.60. The third-order valence-corrected chi connectivity index (χ3v) is 6.14. The maximum atomic E-state index is 12.5. The molecule has 1 aliphatic rings. The zero-order valence-electron chi connectivity index (χ0n) is 18.5. The fraction of sp³-hybridized carbons (Fsp3) is 0.435. The highest BCUT2D eigenvalue weighted by Crippen LogP contribution is 2.27. The predicted octanol–water partition coefficient (Wildman–Crippen LogP) is 3.59. The molecular weight excluding hydrogens is 426 g/mol. The Morgan fingerprint density at radius 3 is 2.78 bits per heavy atom. The fourth-order valence-corrected chi connectivity index (χ4v) is 4.43. The number of carbonyl (C=O) groups excluding carboxylic acids is 1. The topological polar surface area (TPSA) is 85.4 Å². The van der Waals surface area contributed by atoms with E-state index in [1.807, 2.05) is 36.4 Å². The molecule has 0 bridgehead atoms. The molecule has 0 saturated carbocycles. The number of carbonyl (C=O) groups is 1. The quantitative estimate of drug-likeness (QED) is 0.494. The molecule has 0 aliphatic carbocycles. The third kappa shape index (κ3) is 5.72. The number of aromatic nitrogens is 3. The van der Waals surface area contributed by atoms with Gasteiger partial charge in [0, 0.05) is 31.0 Å². The van der Waals surface area contributed by atoms with Gasteiger partial charge in [-0.05, 0) is 35.7 Å². The standard InChI is InChI=1S/C23H29N5O3S/c1-17(2)15-28-22(27-8-11-30-12-9-27)25-26-23(28)32-16-18-5-3-6-19(13-18)21(29)24-14-20-7-4-10-31-20/h3-7,10,13,17H,8-9,11-12,14-16H2,1-2H3,(H,24,29). The first kappa shape index (κ1) is 22.4. The van der Waals surface area contributed by atoms with E-state index < -0.39 is 0 Å². The van der Waals surface area contributed by atoms with Gasteiger partial charge >= 0.3 is 0 Å². The Morgan fingerprint density at radius 1 is 1.19 bits per heavy atom. The monoisotopic (exact) mass is 455 g/mol. The molecule has 3 heterocycles. The first-order valence-corrected chi connectivity index (χ1v) is 11.9. The summed E-state index contributed by atoms with van der Waals surface area (Å²) in [6, 6.07) is 11.3. The minimum absolute atomic E-state index is 0.120. The lowest BCUT2D eigenvalue weighted by molar-refractivity contribution is 0.0948. The molecule has 1 aromatic carbocycles. The van der Waals surface area contributed by atoms with Gasteiger partial charge in [0.1, 0.15) is 5.76 Å². The molecule has 0 unspecified atom stereocenters. The van der Waals surface area contributed by atoms with E-state index in [1.165, 1.54) is 0 Å². The molecule has 32 heavy (non-hydrogen) atoms. The summed E-state index contributed by atoms with van der Waals surface area (Å²) in [7, 11) is 0. The van der Waals surface area contributed by atoms with Crippen LogP contribution in [0.3, 0.4) is 0 Å². The van der Waals surface area contributed by atoms with Crippen LogP contribution in [0.1, 0.15) is 35.5 Å². The van der Waals surface area contributed by atoms with E-state index in [2.05, 4.69) is 38.8 Å². The van der Waals surface area contributed by atoms with E-state index in [-0.39, 0.29) is 5.91 Å². The van der Waals surface area contributed by atoms with Gasteiger partial charge in [-0.25, -0.2) is 0 Å². The number of nitrogens with one attached hydrogen (secondary N) is 1. The molecular formula is C23H29N5O3S. The normalized spacial score (nSPS) is 14.2. The molecule has 9 heteroatoms. The number of hydrogen-bond acceptors (Lipinski definition) is 7. The van der Waals surface area contributed by atoms with Gasteiger partial charge in [-0.15, -0.1) is 10.2 Å². The molecule has 1 amide bonds. The highest BCUT2D eigenvalue weighted by molar-refractivity contribution is 7.98. The largest absolute Gasteiger partial charge is 0.467 e. The van der Waals surface area contributed by atoms with Crippen molar-refractivity contribution in [2.24, 2.45) is 5.92 Å². The summed E-state index contributed by atoms with van der Waals surface area (Å²) in [5.41, 5.74) is 1.69. The number of morpholine rings is 1. The van der Waals surface area contributed by atoms with E-state index in [9.17, 15) is 4.79 Å². The Hall–Kier alpha value is -2.78. The summed E-state index contributed by atoms with van der Waals surface area (Å²) < 4.78 is 13.0. The Kier molecular flexibility index (Phi) is 7.49. The van der Waals surface area contributed by atoms with Crippen LogP contribution in [-0.2, 0) is 23.6 Å². The number of ether oxygens (including phenoxy) is 1. The van der Waals surface area contributed by atoms with E-state index in [1.54, 1.807) is 18.0 Å². The molecule has 0 atom stereocenters. The fourth-order valence-electron chi connectivity index (χ4n) is 3.54. The Morgan fingerprint density at radius 2 is 2.03 bits per heavy atom. The van der Waals surface area contributed by atoms with Gasteiger partial charge in [-0.1, -0.05) is 37.7 Å². The van der Waals surface area contributed by atoms with Crippen molar-refractivity contribution in [3.8, 4) is 0 Å². The molecule has 1 saturated heterocycles. The highest BCUT2D eigenvalue weighted by atomic mass is 32.2. The molecule has 1 aliphatic heterocycles. The van der Waals surface area contributed by atoms with Crippen LogP contribution < -0.4 is 10.2 Å². The molecule has 1 N–H and O–H groups in total. The number of amides is 1. The predicted molar refractivity (Wildman–Crippen MR) is 124 cm³/mol. The van der Waals surface area contributed by atoms with Crippen LogP contribution in [-0.4, -0.2) is 47.0 Å². The molecule has 1 fully saturated rings. The lowest BCUT2D eigenvalue weighted by Gasteiger charge is -2.28. The van der Waals surface area contributed by atoms with Crippen molar-refractivity contribution >= 4 is 23.6 Å². The molecule has 0 spiro atoms. The molecule has 4 rings (SSSR count). The van der Waals surface area contributed by atoms with Crippen LogP contribution in [0, 0.1) is 5.92 Å². The Bertz CT molecular complexity index is 1010. The minimum Gasteiger partial charge on any atom is -0.467 e. The van der Waals surface area contributed by atoms with Crippen LogP contribution in [0.25, 0.3) is 0 Å². The van der Waals surface area contributed by atoms with E-state index >= 15 is 0 Å². The third-order valence-electron chi connectivity index (χ3n) is 5.10. The summed E-state index contributed by atoms with van der Waals surface area (Å²) in [5.74, 6) is 2.71. The molecule has 0 radical (unpaired) electrons. The summed E-state index contributed by atoms with van der Waals surface area (Å²) in [4.78, 5) is 14.8. The van der Waals surface area contributed by atoms with Crippen LogP contribution in [0.15, 0.2) is 52.2 Å². The summed E-state index contributed by atoms with van der Waals surface area (Å²) in [5, 5.41) is 12.8. The first-order valence-electron chi connectivity index (χ1n) is 10.9. The minimum atomic E-state index is -0.120. The van der Waals surface area contributed by atoms with E-state index in [4.69, 9.17) is 9.15 Å². The lowest BCUT2D eigenvalue weighted by Crippen LogP contribution is -2.38. The van der Waals surface area contributed by atoms with E-state index in [0.29, 0.717) is 37.0 Å². The lowest BCUT2D eigenvalue weighted by atomic mass is 10.1. The Balaban J connectivity index is 1.42. The van der Waals surface area contributed by atoms with Crippen molar-refractivity contribution in [1.29, 1.82) is 0 Å². The van der Waals surface area contributed by atoms with Crippen molar-refractivity contribution in [3.05, 3.63) is 59.5 Å². The number of nitrogens with zero attached hydrogens (tertiary/aromatic N) is 4. The second kappa shape index (κ2) is 10.7. The second-order valence-electron chi connectivity index (χ2n) is 8.14. The van der Waals surface area contributed by atoms with Gasteiger partial charge in [0.2, 0.25) is 5.95 Å². The van der Waals surface area contributed by atoms with Gasteiger partial charge < -0.3 is 19.4 Å². The van der Waals surface area contributed by atoms with Crippen LogP contribution in [0.5, 0.6) is 0 Å². The zero-order chi connectivity index (χ0) is 22.3. The van der Waals surface area contributed by atoms with Gasteiger partial charge in [0.25, 0.3) is 5.91 Å². The number of rotatable bonds is 9. The maximum Gasteiger partial charge on any atom is 0.251 e. The van der Waals surface area contributed by atoms with Crippen LogP contribution in [0.4, 0.5) is 5.95 Å². The van der Waals surface area contributed by atoms with Gasteiger partial charge in [0.05, 0.1) is 26.0 Å². The average Bonchev–Trinajstić information content (AvgIpc) is 3.47. The molecule has 170 valence electrons. The van der Waals surface area contributed by atoms with Gasteiger partial charge in [0.15, 0.2) is 5.16 Å². The van der Waals surface area contributed by atoms with Crippen LogP contribution in [0.2, 0.25) is 0 Å². The van der Waals surface area contributed by atoms with Crippen molar-refractivity contribution in [2.75, 3.05) is 31.2 Å². The SMILES string of the molecule is CC(C)Cn1c(SCc2cccc(C(=O)NCc3ccco3)c2)nnc1N1CCOCC1. The zero-order valence-corrected chi connectivity index (χ0v) is 19.3. The average molecular weight is 456 g/mol. The number of hydrogen-bond donors (Lipinski definition) is 1. The van der Waals surface area contributed by atoms with E-state index in [0.717, 1.165) is 42.1 Å². The highest BCUT2D eigenvalue weighted by Gasteiger charge is 2.21. The number of furan rings is 1. The van der Waals surface area contributed by atoms with Crippen LogP contribution >= 0.6 is 11.8 Å².